The van der Waals surface area contributed by atoms with E-state index in [1.807, 2.05) is 25.3 Å². The van der Waals surface area contributed by atoms with Gasteiger partial charge in [-0.25, -0.2) is 4.68 Å². The molecule has 0 amide bonds. The number of rotatable bonds is 2. The van der Waals surface area contributed by atoms with E-state index in [2.05, 4.69) is 20.3 Å². The van der Waals surface area contributed by atoms with Crippen LogP contribution < -0.4 is 0 Å². The quantitative estimate of drug-likeness (QED) is 0.689. The predicted molar refractivity (Wildman–Crippen MR) is 48.4 cm³/mol. The van der Waals surface area contributed by atoms with Gasteiger partial charge in [0.15, 0.2) is 0 Å². The lowest BCUT2D eigenvalue weighted by atomic mass is 10.3. The van der Waals surface area contributed by atoms with E-state index in [-0.39, 0.29) is 0 Å². The summed E-state index contributed by atoms with van der Waals surface area (Å²) in [5.41, 5.74) is 1.89. The highest BCUT2D eigenvalue weighted by Crippen LogP contribution is 1.97. The highest BCUT2D eigenvalue weighted by molar-refractivity contribution is 5.96. The van der Waals surface area contributed by atoms with Gasteiger partial charge in [0.25, 0.3) is 0 Å². The van der Waals surface area contributed by atoms with Gasteiger partial charge in [0.05, 0.1) is 11.4 Å². The van der Waals surface area contributed by atoms with Crippen molar-refractivity contribution < 1.29 is 0 Å². The maximum atomic E-state index is 4.24. The first-order valence-electron chi connectivity index (χ1n) is 3.90. The third kappa shape index (κ3) is 1.64. The number of hydrogen-bond donors (Lipinski definition) is 1. The second kappa shape index (κ2) is 3.22. The van der Waals surface area contributed by atoms with Crippen molar-refractivity contribution in [2.75, 3.05) is 0 Å². The highest BCUT2D eigenvalue weighted by Gasteiger charge is 1.96. The molecule has 1 N–H and O–H groups in total. The molecule has 0 unspecified atom stereocenters. The first-order chi connectivity index (χ1) is 6.36. The second-order valence-electron chi connectivity index (χ2n) is 2.61. The Morgan fingerprint density at radius 2 is 2.23 bits per heavy atom. The molecule has 2 aromatic heterocycles. The fourth-order valence-electron chi connectivity index (χ4n) is 1.03. The number of H-pyrrole nitrogens is 1. The Morgan fingerprint density at radius 1 is 1.46 bits per heavy atom. The van der Waals surface area contributed by atoms with Gasteiger partial charge in [0.1, 0.15) is 12.7 Å². The molecule has 0 aliphatic rings. The molecule has 0 saturated heterocycles. The molecule has 0 atom stereocenters. The van der Waals surface area contributed by atoms with Gasteiger partial charge in [-0.05, 0) is 19.1 Å². The fourth-order valence-corrected chi connectivity index (χ4v) is 1.03. The molecule has 0 spiro atoms. The number of nitrogens with one attached hydrogen (secondary N) is 1. The molecule has 13 heavy (non-hydrogen) atoms. The Bertz CT molecular complexity index is 384. The largest absolute Gasteiger partial charge is 0.360 e. The molecule has 0 aliphatic heterocycles. The molecule has 0 radical (unpaired) electrons. The molecule has 0 saturated carbocycles. The van der Waals surface area contributed by atoms with Crippen LogP contribution in [0.4, 0.5) is 0 Å². The van der Waals surface area contributed by atoms with Crippen molar-refractivity contribution in [3.8, 4) is 0 Å². The van der Waals surface area contributed by atoms with E-state index in [4.69, 9.17) is 0 Å². The molecule has 0 aliphatic carbocycles. The van der Waals surface area contributed by atoms with Gasteiger partial charge >= 0.3 is 0 Å². The first-order valence-corrected chi connectivity index (χ1v) is 3.90. The Morgan fingerprint density at radius 3 is 2.85 bits per heavy atom. The minimum atomic E-state index is 0.893. The number of aromatic amines is 1. The zero-order valence-corrected chi connectivity index (χ0v) is 7.18. The summed E-state index contributed by atoms with van der Waals surface area (Å²) in [4.78, 5) is 3.06. The molecule has 0 bridgehead atoms. The maximum Gasteiger partial charge on any atom is 0.141 e. The van der Waals surface area contributed by atoms with Gasteiger partial charge in [-0.15, -0.1) is 10.2 Å². The van der Waals surface area contributed by atoms with Crippen LogP contribution in [0.3, 0.4) is 0 Å². The zero-order chi connectivity index (χ0) is 9.10. The van der Waals surface area contributed by atoms with Crippen molar-refractivity contribution in [2.45, 2.75) is 6.92 Å². The number of hydrogen-bond acceptors (Lipinski definition) is 3. The minimum Gasteiger partial charge on any atom is -0.360 e. The summed E-state index contributed by atoms with van der Waals surface area (Å²) < 4.78 is 1.57. The maximum absolute atomic E-state index is 4.24. The van der Waals surface area contributed by atoms with Crippen molar-refractivity contribution >= 4 is 5.71 Å². The van der Waals surface area contributed by atoms with E-state index in [1.54, 1.807) is 17.3 Å². The standard InChI is InChI=1S/C8H9N5/c1-7(8-3-2-4-9-8)12-13-5-10-11-6-13/h2-6,9H,1H3/b12-7-. The smallest absolute Gasteiger partial charge is 0.141 e. The normalized spacial score (nSPS) is 11.9. The van der Waals surface area contributed by atoms with Crippen LogP contribution >= 0.6 is 0 Å². The lowest BCUT2D eigenvalue weighted by Gasteiger charge is -1.95. The molecule has 2 rings (SSSR count). The molecule has 5 heteroatoms. The summed E-state index contributed by atoms with van der Waals surface area (Å²) in [5.74, 6) is 0. The van der Waals surface area contributed by atoms with Crippen LogP contribution in [0.2, 0.25) is 0 Å². The zero-order valence-electron chi connectivity index (χ0n) is 7.18. The molecule has 0 aromatic carbocycles. The molecule has 0 fully saturated rings. The molecular weight excluding hydrogens is 166 g/mol. The third-order valence-corrected chi connectivity index (χ3v) is 1.66. The van der Waals surface area contributed by atoms with Crippen molar-refractivity contribution in [1.82, 2.24) is 19.9 Å². The van der Waals surface area contributed by atoms with E-state index < -0.39 is 0 Å². The van der Waals surface area contributed by atoms with Crippen LogP contribution in [0.25, 0.3) is 0 Å². The van der Waals surface area contributed by atoms with E-state index in [9.17, 15) is 0 Å². The van der Waals surface area contributed by atoms with Crippen molar-refractivity contribution in [1.29, 1.82) is 0 Å². The summed E-state index contributed by atoms with van der Waals surface area (Å²) in [6.07, 6.45) is 4.96. The Kier molecular flexibility index (Phi) is 1.91. The van der Waals surface area contributed by atoms with E-state index in [0.717, 1.165) is 11.4 Å². The fraction of sp³-hybridized carbons (Fsp3) is 0.125. The molecule has 5 nitrogen and oxygen atoms in total. The van der Waals surface area contributed by atoms with Gasteiger partial charge in [0.2, 0.25) is 0 Å². The summed E-state index contributed by atoms with van der Waals surface area (Å²) in [6.45, 7) is 1.92. The predicted octanol–water partition coefficient (Wildman–Crippen LogP) is 0.879. The summed E-state index contributed by atoms with van der Waals surface area (Å²) in [6, 6.07) is 3.89. The average molecular weight is 175 g/mol. The lowest BCUT2D eigenvalue weighted by molar-refractivity contribution is 0.869. The summed E-state index contributed by atoms with van der Waals surface area (Å²) in [5, 5.41) is 11.5. The first kappa shape index (κ1) is 7.72. The van der Waals surface area contributed by atoms with Gasteiger partial charge in [-0.3, -0.25) is 0 Å². The minimum absolute atomic E-state index is 0.893. The molecule has 2 heterocycles. The van der Waals surface area contributed by atoms with Crippen molar-refractivity contribution in [3.63, 3.8) is 0 Å². The Labute approximate surface area is 75.1 Å². The van der Waals surface area contributed by atoms with Crippen LogP contribution in [0.1, 0.15) is 12.6 Å². The summed E-state index contributed by atoms with van der Waals surface area (Å²) in [7, 11) is 0. The van der Waals surface area contributed by atoms with Crippen LogP contribution in [-0.4, -0.2) is 25.6 Å². The molecule has 2 aromatic rings. The number of nitrogens with zero attached hydrogens (tertiary/aromatic N) is 4. The van der Waals surface area contributed by atoms with Crippen LogP contribution in [0, 0.1) is 0 Å². The molecule has 66 valence electrons. The average Bonchev–Trinajstić information content (AvgIpc) is 2.74. The van der Waals surface area contributed by atoms with Gasteiger partial charge in [-0.2, -0.15) is 5.10 Å². The Hall–Kier alpha value is -1.91. The molecular formula is C8H9N5. The highest BCUT2D eigenvalue weighted by atomic mass is 15.4. The van der Waals surface area contributed by atoms with Gasteiger partial charge in [0, 0.05) is 6.20 Å². The van der Waals surface area contributed by atoms with Crippen molar-refractivity contribution in [3.05, 3.63) is 36.7 Å². The van der Waals surface area contributed by atoms with Gasteiger partial charge < -0.3 is 4.98 Å². The van der Waals surface area contributed by atoms with E-state index in [0.29, 0.717) is 0 Å². The number of aromatic nitrogens is 4. The van der Waals surface area contributed by atoms with E-state index in [1.165, 1.54) is 0 Å². The van der Waals surface area contributed by atoms with E-state index >= 15 is 0 Å². The lowest BCUT2D eigenvalue weighted by Crippen LogP contribution is -1.98. The van der Waals surface area contributed by atoms with Crippen LogP contribution in [-0.2, 0) is 0 Å². The topological polar surface area (TPSA) is 58.9 Å². The SMILES string of the molecule is C/C(=N/n1cnnc1)c1ccc[nH]1. The summed E-state index contributed by atoms with van der Waals surface area (Å²) >= 11 is 0. The van der Waals surface area contributed by atoms with Crippen LogP contribution in [0.15, 0.2) is 36.1 Å². The van der Waals surface area contributed by atoms with Crippen LogP contribution in [0.5, 0.6) is 0 Å². The monoisotopic (exact) mass is 175 g/mol. The third-order valence-electron chi connectivity index (χ3n) is 1.66. The Balaban J connectivity index is 2.27. The van der Waals surface area contributed by atoms with Gasteiger partial charge in [-0.1, -0.05) is 0 Å². The van der Waals surface area contributed by atoms with Crippen molar-refractivity contribution in [2.24, 2.45) is 5.10 Å². The second-order valence-corrected chi connectivity index (χ2v) is 2.61.